The standard InChI is InChI=1S/C14H23NO4/c1-9(2)7-11-8-10(3-6-19-11)15-12(16)14(4-5-14)13(17)18/h9-11H,3-8H2,1-2H3,(H,15,16)(H,17,18). The van der Waals surface area contributed by atoms with Crippen molar-refractivity contribution in [3.63, 3.8) is 0 Å². The Bertz CT molecular complexity index is 362. The molecular formula is C14H23NO4. The SMILES string of the molecule is CC(C)CC1CC(NC(=O)C2(C(=O)O)CC2)CCO1. The average Bonchev–Trinajstić information content (AvgIpc) is 3.09. The van der Waals surface area contributed by atoms with E-state index in [0.29, 0.717) is 25.4 Å². The topological polar surface area (TPSA) is 75.6 Å². The van der Waals surface area contributed by atoms with Gasteiger partial charge in [0.25, 0.3) is 0 Å². The van der Waals surface area contributed by atoms with E-state index in [1.165, 1.54) is 0 Å². The smallest absolute Gasteiger partial charge is 0.319 e. The van der Waals surface area contributed by atoms with Gasteiger partial charge in [-0.3, -0.25) is 9.59 Å². The summed E-state index contributed by atoms with van der Waals surface area (Å²) >= 11 is 0. The van der Waals surface area contributed by atoms with Crippen LogP contribution < -0.4 is 5.32 Å². The number of hydrogen-bond acceptors (Lipinski definition) is 3. The van der Waals surface area contributed by atoms with Crippen LogP contribution in [0.2, 0.25) is 0 Å². The summed E-state index contributed by atoms with van der Waals surface area (Å²) in [6, 6.07) is 0.0572. The minimum Gasteiger partial charge on any atom is -0.480 e. The summed E-state index contributed by atoms with van der Waals surface area (Å²) < 4.78 is 5.68. The fourth-order valence-corrected chi connectivity index (χ4v) is 2.69. The molecule has 2 aliphatic rings. The van der Waals surface area contributed by atoms with Gasteiger partial charge < -0.3 is 15.2 Å². The van der Waals surface area contributed by atoms with Crippen LogP contribution in [-0.4, -0.2) is 35.7 Å². The first kappa shape index (κ1) is 14.3. The zero-order valence-corrected chi connectivity index (χ0v) is 11.6. The third kappa shape index (κ3) is 3.26. The highest BCUT2D eigenvalue weighted by Crippen LogP contribution is 2.46. The van der Waals surface area contributed by atoms with Crippen LogP contribution in [0.3, 0.4) is 0 Å². The second-order valence-corrected chi connectivity index (χ2v) is 6.20. The lowest BCUT2D eigenvalue weighted by molar-refractivity contribution is -0.149. The molecular weight excluding hydrogens is 246 g/mol. The van der Waals surface area contributed by atoms with E-state index in [0.717, 1.165) is 19.3 Å². The molecule has 1 saturated carbocycles. The molecule has 1 saturated heterocycles. The molecule has 0 aromatic heterocycles. The molecule has 1 amide bonds. The first-order valence-corrected chi connectivity index (χ1v) is 7.10. The largest absolute Gasteiger partial charge is 0.480 e. The van der Waals surface area contributed by atoms with E-state index in [-0.39, 0.29) is 18.1 Å². The molecule has 19 heavy (non-hydrogen) atoms. The van der Waals surface area contributed by atoms with E-state index < -0.39 is 11.4 Å². The Labute approximate surface area is 113 Å². The molecule has 2 rings (SSSR count). The molecule has 0 bridgehead atoms. The first-order chi connectivity index (χ1) is 8.94. The van der Waals surface area contributed by atoms with Gasteiger partial charge in [0.1, 0.15) is 5.41 Å². The summed E-state index contributed by atoms with van der Waals surface area (Å²) in [5, 5.41) is 12.0. The summed E-state index contributed by atoms with van der Waals surface area (Å²) in [5.74, 6) is -0.737. The Kier molecular flexibility index (Phi) is 4.13. The molecule has 2 unspecified atom stereocenters. The zero-order valence-electron chi connectivity index (χ0n) is 11.6. The Morgan fingerprint density at radius 2 is 2.11 bits per heavy atom. The van der Waals surface area contributed by atoms with Gasteiger partial charge in [-0.2, -0.15) is 0 Å². The van der Waals surface area contributed by atoms with Crippen LogP contribution in [-0.2, 0) is 14.3 Å². The number of aliphatic carboxylic acids is 1. The Morgan fingerprint density at radius 1 is 1.42 bits per heavy atom. The fraction of sp³-hybridized carbons (Fsp3) is 0.857. The molecule has 0 aromatic carbocycles. The van der Waals surface area contributed by atoms with Crippen molar-refractivity contribution in [3.8, 4) is 0 Å². The van der Waals surface area contributed by atoms with Gasteiger partial charge in [0.05, 0.1) is 6.10 Å². The van der Waals surface area contributed by atoms with Crippen LogP contribution >= 0.6 is 0 Å². The monoisotopic (exact) mass is 269 g/mol. The Balaban J connectivity index is 1.85. The lowest BCUT2D eigenvalue weighted by atomic mass is 9.95. The van der Waals surface area contributed by atoms with Crippen molar-refractivity contribution in [2.45, 2.75) is 58.1 Å². The predicted molar refractivity (Wildman–Crippen MR) is 69.7 cm³/mol. The molecule has 1 aliphatic carbocycles. The highest BCUT2D eigenvalue weighted by Gasteiger charge is 2.57. The van der Waals surface area contributed by atoms with Gasteiger partial charge in [-0.15, -0.1) is 0 Å². The van der Waals surface area contributed by atoms with E-state index in [4.69, 9.17) is 9.84 Å². The maximum Gasteiger partial charge on any atom is 0.319 e. The summed E-state index contributed by atoms with van der Waals surface area (Å²) in [6.45, 7) is 4.94. The maximum atomic E-state index is 12.0. The van der Waals surface area contributed by atoms with Gasteiger partial charge in [0, 0.05) is 12.6 Å². The van der Waals surface area contributed by atoms with Crippen molar-refractivity contribution in [1.82, 2.24) is 5.32 Å². The molecule has 1 aliphatic heterocycles. The van der Waals surface area contributed by atoms with Crippen molar-refractivity contribution in [2.75, 3.05) is 6.61 Å². The van der Waals surface area contributed by atoms with Crippen LogP contribution in [0, 0.1) is 11.3 Å². The van der Waals surface area contributed by atoms with Crippen molar-refractivity contribution in [2.24, 2.45) is 11.3 Å². The average molecular weight is 269 g/mol. The van der Waals surface area contributed by atoms with Crippen molar-refractivity contribution < 1.29 is 19.4 Å². The number of carbonyl (C=O) groups is 2. The van der Waals surface area contributed by atoms with E-state index in [1.807, 2.05) is 0 Å². The van der Waals surface area contributed by atoms with Crippen LogP contribution in [0.25, 0.3) is 0 Å². The number of carboxylic acid groups (broad SMARTS) is 1. The Morgan fingerprint density at radius 3 is 2.63 bits per heavy atom. The summed E-state index contributed by atoms with van der Waals surface area (Å²) in [4.78, 5) is 23.1. The molecule has 2 N–H and O–H groups in total. The van der Waals surface area contributed by atoms with Crippen LogP contribution in [0.5, 0.6) is 0 Å². The second kappa shape index (κ2) is 5.49. The van der Waals surface area contributed by atoms with Crippen LogP contribution in [0.4, 0.5) is 0 Å². The number of ether oxygens (including phenoxy) is 1. The molecule has 0 spiro atoms. The lowest BCUT2D eigenvalue weighted by Gasteiger charge is -2.31. The van der Waals surface area contributed by atoms with Crippen molar-refractivity contribution in [3.05, 3.63) is 0 Å². The third-order valence-corrected chi connectivity index (χ3v) is 4.03. The molecule has 5 heteroatoms. The summed E-state index contributed by atoms with van der Waals surface area (Å²) in [6.07, 6.45) is 3.66. The highest BCUT2D eigenvalue weighted by molar-refractivity contribution is 6.04. The lowest BCUT2D eigenvalue weighted by Crippen LogP contribution is -2.46. The molecule has 1 heterocycles. The van der Waals surface area contributed by atoms with Crippen LogP contribution in [0.15, 0.2) is 0 Å². The van der Waals surface area contributed by atoms with E-state index in [9.17, 15) is 9.59 Å². The molecule has 5 nitrogen and oxygen atoms in total. The van der Waals surface area contributed by atoms with E-state index >= 15 is 0 Å². The minimum atomic E-state index is -1.13. The predicted octanol–water partition coefficient (Wildman–Crippen LogP) is 1.56. The van der Waals surface area contributed by atoms with Gasteiger partial charge in [-0.1, -0.05) is 13.8 Å². The summed E-state index contributed by atoms with van der Waals surface area (Å²) in [7, 11) is 0. The normalized spacial score (nSPS) is 29.0. The molecule has 0 radical (unpaired) electrons. The number of hydrogen-bond donors (Lipinski definition) is 2. The molecule has 2 atom stereocenters. The second-order valence-electron chi connectivity index (χ2n) is 6.20. The number of carbonyl (C=O) groups excluding carboxylic acids is 1. The number of rotatable bonds is 5. The van der Waals surface area contributed by atoms with Gasteiger partial charge in [0.2, 0.25) is 5.91 Å². The highest BCUT2D eigenvalue weighted by atomic mass is 16.5. The van der Waals surface area contributed by atoms with E-state index in [1.54, 1.807) is 0 Å². The molecule has 108 valence electrons. The van der Waals surface area contributed by atoms with E-state index in [2.05, 4.69) is 19.2 Å². The van der Waals surface area contributed by atoms with Gasteiger partial charge >= 0.3 is 5.97 Å². The molecule has 2 fully saturated rings. The van der Waals surface area contributed by atoms with Crippen LogP contribution in [0.1, 0.15) is 46.0 Å². The van der Waals surface area contributed by atoms with Gasteiger partial charge in [-0.05, 0) is 38.0 Å². The van der Waals surface area contributed by atoms with Gasteiger partial charge in [0.15, 0.2) is 0 Å². The first-order valence-electron chi connectivity index (χ1n) is 7.10. The molecule has 0 aromatic rings. The maximum absolute atomic E-state index is 12.0. The fourth-order valence-electron chi connectivity index (χ4n) is 2.69. The number of amides is 1. The summed E-state index contributed by atoms with van der Waals surface area (Å²) in [5.41, 5.74) is -1.13. The van der Waals surface area contributed by atoms with Crippen molar-refractivity contribution in [1.29, 1.82) is 0 Å². The number of carboxylic acids is 1. The zero-order chi connectivity index (χ0) is 14.0. The minimum absolute atomic E-state index is 0.0572. The quantitative estimate of drug-likeness (QED) is 0.743. The van der Waals surface area contributed by atoms with Gasteiger partial charge in [-0.25, -0.2) is 0 Å². The number of nitrogens with one attached hydrogen (secondary N) is 1. The van der Waals surface area contributed by atoms with Crippen molar-refractivity contribution >= 4 is 11.9 Å². The third-order valence-electron chi connectivity index (χ3n) is 4.03. The Hall–Kier alpha value is -1.10.